The van der Waals surface area contributed by atoms with Crippen molar-refractivity contribution in [2.75, 3.05) is 5.32 Å². The number of nitrogens with zero attached hydrogens (tertiary/aromatic N) is 1. The quantitative estimate of drug-likeness (QED) is 0.881. The van der Waals surface area contributed by atoms with Crippen molar-refractivity contribution in [3.8, 4) is 5.75 Å². The highest BCUT2D eigenvalue weighted by Gasteiger charge is 2.37. The molecule has 0 spiro atoms. The van der Waals surface area contributed by atoms with Gasteiger partial charge in [0.1, 0.15) is 12.0 Å². The molecule has 0 radical (unpaired) electrons. The molecule has 0 fully saturated rings. The molecule has 1 aromatic carbocycles. The number of amides is 1. The minimum atomic E-state index is -4.71. The fourth-order valence-electron chi connectivity index (χ4n) is 1.26. The molecule has 8 heteroatoms. The van der Waals surface area contributed by atoms with E-state index in [1.807, 2.05) is 0 Å². The van der Waals surface area contributed by atoms with Crippen molar-refractivity contribution in [1.29, 1.82) is 0 Å². The summed E-state index contributed by atoms with van der Waals surface area (Å²) in [4.78, 5) is 14.7. The molecule has 0 aliphatic heterocycles. The van der Waals surface area contributed by atoms with Gasteiger partial charge in [-0.15, -0.1) is 0 Å². The second kappa shape index (κ2) is 4.63. The number of hydrogen-bond acceptors (Lipinski definition) is 4. The largest absolute Gasteiger partial charge is 0.508 e. The first-order valence-electron chi connectivity index (χ1n) is 4.99. The Labute approximate surface area is 104 Å². The van der Waals surface area contributed by atoms with E-state index in [1.54, 1.807) is 0 Å². The van der Waals surface area contributed by atoms with Crippen LogP contribution in [0.25, 0.3) is 0 Å². The van der Waals surface area contributed by atoms with Crippen LogP contribution in [0.1, 0.15) is 16.2 Å². The van der Waals surface area contributed by atoms with Crippen molar-refractivity contribution in [3.05, 3.63) is 42.0 Å². The number of aromatic nitrogens is 1. The first-order valence-corrected chi connectivity index (χ1v) is 4.99. The number of anilines is 1. The molecule has 1 aromatic heterocycles. The normalized spacial score (nSPS) is 11.3. The average molecular weight is 272 g/mol. The fourth-order valence-corrected chi connectivity index (χ4v) is 1.26. The van der Waals surface area contributed by atoms with Gasteiger partial charge in [-0.25, -0.2) is 0 Å². The van der Waals surface area contributed by atoms with Crippen LogP contribution in [-0.2, 0) is 6.18 Å². The zero-order chi connectivity index (χ0) is 14.0. The molecule has 1 amide bonds. The van der Waals surface area contributed by atoms with Crippen molar-refractivity contribution in [1.82, 2.24) is 4.98 Å². The molecule has 0 bridgehead atoms. The van der Waals surface area contributed by atoms with Gasteiger partial charge < -0.3 is 14.8 Å². The molecule has 2 rings (SSSR count). The number of aromatic hydroxyl groups is 1. The highest BCUT2D eigenvalue weighted by molar-refractivity contribution is 6.03. The van der Waals surface area contributed by atoms with Crippen molar-refractivity contribution in [3.63, 3.8) is 0 Å². The molecule has 0 saturated heterocycles. The molecule has 0 atom stereocenters. The number of carbonyl (C=O) groups excluding carboxylic acids is 1. The number of nitrogens with one attached hydrogen (secondary N) is 1. The van der Waals surface area contributed by atoms with Gasteiger partial charge in [0, 0.05) is 5.56 Å². The Morgan fingerprint density at radius 3 is 2.42 bits per heavy atom. The Balaban J connectivity index is 2.11. The van der Waals surface area contributed by atoms with Crippen molar-refractivity contribution in [2.45, 2.75) is 6.18 Å². The number of hydrogen-bond donors (Lipinski definition) is 2. The summed E-state index contributed by atoms with van der Waals surface area (Å²) >= 11 is 0. The predicted octanol–water partition coefficient (Wildman–Crippen LogP) is 2.65. The molecule has 2 N–H and O–H groups in total. The van der Waals surface area contributed by atoms with E-state index in [-0.39, 0.29) is 17.1 Å². The zero-order valence-electron chi connectivity index (χ0n) is 9.23. The molecule has 0 saturated carbocycles. The van der Waals surface area contributed by atoms with Gasteiger partial charge in [0.15, 0.2) is 5.82 Å². The number of alkyl halides is 3. The lowest BCUT2D eigenvalue weighted by Crippen LogP contribution is -2.12. The molecule has 0 aliphatic carbocycles. The summed E-state index contributed by atoms with van der Waals surface area (Å²) in [5.74, 6) is -2.47. The Bertz CT molecular complexity index is 590. The second-order valence-corrected chi connectivity index (χ2v) is 3.54. The van der Waals surface area contributed by atoms with E-state index in [0.717, 1.165) is 0 Å². The number of carbonyl (C=O) groups is 1. The minimum absolute atomic E-state index is 0.0302. The Kier molecular flexibility index (Phi) is 3.16. The van der Waals surface area contributed by atoms with Gasteiger partial charge in [0.25, 0.3) is 5.91 Å². The number of benzene rings is 1. The predicted molar refractivity (Wildman–Crippen MR) is 57.6 cm³/mol. The second-order valence-electron chi connectivity index (χ2n) is 3.54. The maximum absolute atomic E-state index is 12.2. The highest BCUT2D eigenvalue weighted by Crippen LogP contribution is 2.29. The summed E-state index contributed by atoms with van der Waals surface area (Å²) in [6, 6.07) is 5.18. The summed E-state index contributed by atoms with van der Waals surface area (Å²) in [5.41, 5.74) is 0.161. The van der Waals surface area contributed by atoms with Gasteiger partial charge in [-0.1, -0.05) is 0 Å². The minimum Gasteiger partial charge on any atom is -0.508 e. The lowest BCUT2D eigenvalue weighted by atomic mass is 10.2. The standard InChI is InChI=1S/C11H7F3N2O3/c12-11(13,14)10-16-8(5-19-10)15-9(18)6-1-3-7(17)4-2-6/h1-5,17H,(H,15,18). The smallest absolute Gasteiger partial charge is 0.469 e. The van der Waals surface area contributed by atoms with Gasteiger partial charge in [-0.2, -0.15) is 18.2 Å². The molecule has 0 aliphatic rings. The van der Waals surface area contributed by atoms with Crippen LogP contribution in [0.4, 0.5) is 19.0 Å². The van der Waals surface area contributed by atoms with Gasteiger partial charge in [-0.05, 0) is 24.3 Å². The Morgan fingerprint density at radius 2 is 1.89 bits per heavy atom. The zero-order valence-corrected chi connectivity index (χ0v) is 9.23. The van der Waals surface area contributed by atoms with Crippen molar-refractivity contribution >= 4 is 11.7 Å². The summed E-state index contributed by atoms with van der Waals surface area (Å²) in [5, 5.41) is 11.2. The summed E-state index contributed by atoms with van der Waals surface area (Å²) in [6.45, 7) is 0. The van der Waals surface area contributed by atoms with E-state index in [9.17, 15) is 18.0 Å². The SMILES string of the molecule is O=C(Nc1coc(C(F)(F)F)n1)c1ccc(O)cc1. The lowest BCUT2D eigenvalue weighted by Gasteiger charge is -2.01. The van der Waals surface area contributed by atoms with Gasteiger partial charge in [0.2, 0.25) is 0 Å². The van der Waals surface area contributed by atoms with Crippen LogP contribution in [-0.4, -0.2) is 16.0 Å². The molecular formula is C11H7F3N2O3. The third kappa shape index (κ3) is 3.03. The lowest BCUT2D eigenvalue weighted by molar-refractivity contribution is -0.157. The molecule has 0 unspecified atom stereocenters. The first kappa shape index (κ1) is 12.9. The van der Waals surface area contributed by atoms with E-state index in [0.29, 0.717) is 6.26 Å². The maximum atomic E-state index is 12.2. The van der Waals surface area contributed by atoms with E-state index in [1.165, 1.54) is 24.3 Å². The maximum Gasteiger partial charge on any atom is 0.469 e. The molecule has 19 heavy (non-hydrogen) atoms. The number of rotatable bonds is 2. The number of phenols is 1. The average Bonchev–Trinajstić information content (AvgIpc) is 2.78. The van der Waals surface area contributed by atoms with Crippen LogP contribution in [0.3, 0.4) is 0 Å². The number of phenolic OH excluding ortho intramolecular Hbond substituents is 1. The summed E-state index contributed by atoms with van der Waals surface area (Å²) < 4.78 is 40.8. The van der Waals surface area contributed by atoms with Crippen LogP contribution in [0.2, 0.25) is 0 Å². The van der Waals surface area contributed by atoms with E-state index in [4.69, 9.17) is 5.11 Å². The Morgan fingerprint density at radius 1 is 1.26 bits per heavy atom. The molecule has 1 heterocycles. The summed E-state index contributed by atoms with van der Waals surface area (Å²) in [6.07, 6.45) is -4.01. The number of oxazole rings is 1. The third-order valence-electron chi connectivity index (χ3n) is 2.12. The van der Waals surface area contributed by atoms with E-state index >= 15 is 0 Å². The third-order valence-corrected chi connectivity index (χ3v) is 2.12. The van der Waals surface area contributed by atoms with Gasteiger partial charge in [-0.3, -0.25) is 4.79 Å². The van der Waals surface area contributed by atoms with E-state index < -0.39 is 18.0 Å². The number of halogens is 3. The van der Waals surface area contributed by atoms with Gasteiger partial charge >= 0.3 is 12.1 Å². The molecular weight excluding hydrogens is 265 g/mol. The Hall–Kier alpha value is -2.51. The van der Waals surface area contributed by atoms with Gasteiger partial charge in [0.05, 0.1) is 0 Å². The summed E-state index contributed by atoms with van der Waals surface area (Å²) in [7, 11) is 0. The van der Waals surface area contributed by atoms with E-state index in [2.05, 4.69) is 14.7 Å². The topological polar surface area (TPSA) is 75.4 Å². The van der Waals surface area contributed by atoms with Crippen LogP contribution in [0, 0.1) is 0 Å². The fraction of sp³-hybridized carbons (Fsp3) is 0.0909. The molecule has 5 nitrogen and oxygen atoms in total. The molecule has 100 valence electrons. The van der Waals surface area contributed by atoms with Crippen LogP contribution in [0.15, 0.2) is 34.9 Å². The highest BCUT2D eigenvalue weighted by atomic mass is 19.4. The van der Waals surface area contributed by atoms with Crippen LogP contribution in [0.5, 0.6) is 5.75 Å². The van der Waals surface area contributed by atoms with Crippen LogP contribution >= 0.6 is 0 Å². The molecule has 2 aromatic rings. The van der Waals surface area contributed by atoms with Crippen molar-refractivity contribution < 1.29 is 27.5 Å². The monoisotopic (exact) mass is 272 g/mol. The first-order chi connectivity index (χ1) is 8.86. The van der Waals surface area contributed by atoms with Crippen LogP contribution < -0.4 is 5.32 Å². The van der Waals surface area contributed by atoms with Crippen molar-refractivity contribution in [2.24, 2.45) is 0 Å².